The zero-order chi connectivity index (χ0) is 20.4. The van der Waals surface area contributed by atoms with Crippen molar-refractivity contribution in [2.24, 2.45) is 0 Å². The van der Waals surface area contributed by atoms with E-state index in [4.69, 9.17) is 11.6 Å². The van der Waals surface area contributed by atoms with Gasteiger partial charge in [-0.15, -0.1) is 0 Å². The predicted octanol–water partition coefficient (Wildman–Crippen LogP) is 3.24. The van der Waals surface area contributed by atoms with Crippen LogP contribution in [0.15, 0.2) is 54.7 Å². The maximum absolute atomic E-state index is 12.8. The van der Waals surface area contributed by atoms with Crippen LogP contribution >= 0.6 is 11.6 Å². The van der Waals surface area contributed by atoms with E-state index in [0.29, 0.717) is 23.7 Å². The van der Waals surface area contributed by atoms with Gasteiger partial charge in [0.2, 0.25) is 5.91 Å². The molecule has 0 bridgehead atoms. The van der Waals surface area contributed by atoms with Crippen molar-refractivity contribution in [3.8, 4) is 0 Å². The molecule has 1 fully saturated rings. The van der Waals surface area contributed by atoms with Gasteiger partial charge in [0.15, 0.2) is 0 Å². The third-order valence-electron chi connectivity index (χ3n) is 5.34. The highest BCUT2D eigenvalue weighted by molar-refractivity contribution is 6.30. The van der Waals surface area contributed by atoms with Gasteiger partial charge in [-0.1, -0.05) is 35.9 Å². The number of nitrogens with zero attached hydrogens (tertiary/aromatic N) is 3. The summed E-state index contributed by atoms with van der Waals surface area (Å²) in [6.07, 6.45) is 1.71. The van der Waals surface area contributed by atoms with Gasteiger partial charge in [0, 0.05) is 61.0 Å². The summed E-state index contributed by atoms with van der Waals surface area (Å²) < 4.78 is 0. The number of fused-ring (bicyclic) bond motifs is 1. The number of likely N-dealkylation sites (N-methyl/N-ethyl adjacent to an activating group) is 1. The monoisotopic (exact) mass is 410 g/mol. The number of carbonyl (C=O) groups is 2. The third kappa shape index (κ3) is 4.07. The standard InChI is InChI=1S/C22H23ClN4O2/c1-25(22(29)19-14-24-20-8-3-2-7-18(19)20)15-21(28)27-11-9-26(10-12-27)17-6-4-5-16(23)13-17/h2-8,13-14,24H,9-12,15H2,1H3. The molecule has 2 aromatic carbocycles. The Morgan fingerprint density at radius 1 is 1.07 bits per heavy atom. The topological polar surface area (TPSA) is 59.7 Å². The fourth-order valence-electron chi connectivity index (χ4n) is 3.72. The maximum atomic E-state index is 12.8. The lowest BCUT2D eigenvalue weighted by molar-refractivity contribution is -0.131. The fraction of sp³-hybridized carbons (Fsp3) is 0.273. The van der Waals surface area contributed by atoms with Crippen molar-refractivity contribution in [1.82, 2.24) is 14.8 Å². The van der Waals surface area contributed by atoms with Crippen LogP contribution in [0.5, 0.6) is 0 Å². The molecular weight excluding hydrogens is 388 g/mol. The molecule has 0 aliphatic carbocycles. The molecule has 2 heterocycles. The summed E-state index contributed by atoms with van der Waals surface area (Å²) >= 11 is 6.08. The molecule has 1 saturated heterocycles. The van der Waals surface area contributed by atoms with Crippen molar-refractivity contribution in [3.05, 3.63) is 65.3 Å². The normalized spacial score (nSPS) is 14.3. The number of rotatable bonds is 4. The molecule has 2 amide bonds. The van der Waals surface area contributed by atoms with Crippen LogP contribution < -0.4 is 4.90 Å². The lowest BCUT2D eigenvalue weighted by Gasteiger charge is -2.36. The van der Waals surface area contributed by atoms with Crippen LogP contribution in [0, 0.1) is 0 Å². The van der Waals surface area contributed by atoms with E-state index in [0.717, 1.165) is 29.7 Å². The first kappa shape index (κ1) is 19.3. The Balaban J connectivity index is 1.35. The number of halogens is 1. The number of aromatic nitrogens is 1. The van der Waals surface area contributed by atoms with Gasteiger partial charge in [0.25, 0.3) is 5.91 Å². The minimum Gasteiger partial charge on any atom is -0.368 e. The minimum atomic E-state index is -0.159. The van der Waals surface area contributed by atoms with E-state index < -0.39 is 0 Å². The molecule has 0 unspecified atom stereocenters. The minimum absolute atomic E-state index is 0.0357. The Morgan fingerprint density at radius 2 is 1.83 bits per heavy atom. The van der Waals surface area contributed by atoms with Crippen molar-refractivity contribution in [2.45, 2.75) is 0 Å². The zero-order valence-corrected chi connectivity index (χ0v) is 17.0. The largest absolute Gasteiger partial charge is 0.368 e. The molecule has 1 N–H and O–H groups in total. The average molecular weight is 411 g/mol. The van der Waals surface area contributed by atoms with E-state index in [9.17, 15) is 9.59 Å². The van der Waals surface area contributed by atoms with Crippen molar-refractivity contribution < 1.29 is 9.59 Å². The van der Waals surface area contributed by atoms with E-state index in [2.05, 4.69) is 9.88 Å². The summed E-state index contributed by atoms with van der Waals surface area (Å²) in [5.41, 5.74) is 2.56. The van der Waals surface area contributed by atoms with Gasteiger partial charge in [-0.2, -0.15) is 0 Å². The molecule has 0 saturated carbocycles. The summed E-state index contributed by atoms with van der Waals surface area (Å²) in [7, 11) is 1.67. The quantitative estimate of drug-likeness (QED) is 0.718. The van der Waals surface area contributed by atoms with E-state index in [1.54, 1.807) is 13.2 Å². The number of nitrogens with one attached hydrogen (secondary N) is 1. The molecular formula is C22H23ClN4O2. The van der Waals surface area contributed by atoms with E-state index in [1.165, 1.54) is 4.90 Å². The molecule has 7 heteroatoms. The first-order valence-electron chi connectivity index (χ1n) is 9.63. The van der Waals surface area contributed by atoms with Crippen LogP contribution in [-0.4, -0.2) is 66.4 Å². The van der Waals surface area contributed by atoms with Crippen LogP contribution in [0.2, 0.25) is 5.02 Å². The highest BCUT2D eigenvalue weighted by Gasteiger charge is 2.24. The molecule has 1 aliphatic rings. The number of benzene rings is 2. The smallest absolute Gasteiger partial charge is 0.256 e. The number of para-hydroxylation sites is 1. The molecule has 0 atom stereocenters. The summed E-state index contributed by atoms with van der Waals surface area (Å²) in [5.74, 6) is -0.195. The number of anilines is 1. The molecule has 3 aromatic rings. The van der Waals surface area contributed by atoms with Crippen LogP contribution in [-0.2, 0) is 4.79 Å². The first-order valence-corrected chi connectivity index (χ1v) is 10.0. The van der Waals surface area contributed by atoms with Crippen LogP contribution in [0.3, 0.4) is 0 Å². The Morgan fingerprint density at radius 3 is 2.59 bits per heavy atom. The molecule has 29 heavy (non-hydrogen) atoms. The lowest BCUT2D eigenvalue weighted by Crippen LogP contribution is -2.51. The zero-order valence-electron chi connectivity index (χ0n) is 16.3. The predicted molar refractivity (Wildman–Crippen MR) is 116 cm³/mol. The third-order valence-corrected chi connectivity index (χ3v) is 5.58. The Hall–Kier alpha value is -2.99. The number of amides is 2. The summed E-state index contributed by atoms with van der Waals surface area (Å²) in [5, 5.41) is 1.57. The van der Waals surface area contributed by atoms with Crippen molar-refractivity contribution in [1.29, 1.82) is 0 Å². The van der Waals surface area contributed by atoms with E-state index in [1.807, 2.05) is 53.4 Å². The molecule has 0 radical (unpaired) electrons. The molecule has 150 valence electrons. The number of carbonyl (C=O) groups excluding carboxylic acids is 2. The van der Waals surface area contributed by atoms with Crippen LogP contribution in [0.25, 0.3) is 10.9 Å². The van der Waals surface area contributed by atoms with Gasteiger partial charge in [-0.3, -0.25) is 9.59 Å². The van der Waals surface area contributed by atoms with E-state index in [-0.39, 0.29) is 18.4 Å². The Kier molecular flexibility index (Phi) is 5.45. The van der Waals surface area contributed by atoms with Crippen molar-refractivity contribution in [2.75, 3.05) is 44.7 Å². The average Bonchev–Trinajstić information content (AvgIpc) is 3.17. The summed E-state index contributed by atoms with van der Waals surface area (Å²) in [6.45, 7) is 2.80. The lowest BCUT2D eigenvalue weighted by atomic mass is 10.1. The molecule has 4 rings (SSSR count). The molecule has 6 nitrogen and oxygen atoms in total. The molecule has 1 aliphatic heterocycles. The van der Waals surface area contributed by atoms with Gasteiger partial charge in [0.1, 0.15) is 0 Å². The second kappa shape index (κ2) is 8.17. The Bertz CT molecular complexity index is 1040. The second-order valence-electron chi connectivity index (χ2n) is 7.26. The Labute approximate surface area is 174 Å². The van der Waals surface area contributed by atoms with Crippen LogP contribution in [0.1, 0.15) is 10.4 Å². The summed E-state index contributed by atoms with van der Waals surface area (Å²) in [4.78, 5) is 34.2. The van der Waals surface area contributed by atoms with Gasteiger partial charge in [0.05, 0.1) is 12.1 Å². The maximum Gasteiger partial charge on any atom is 0.256 e. The van der Waals surface area contributed by atoms with E-state index >= 15 is 0 Å². The highest BCUT2D eigenvalue weighted by atomic mass is 35.5. The van der Waals surface area contributed by atoms with Gasteiger partial charge in [-0.05, 0) is 24.3 Å². The van der Waals surface area contributed by atoms with Crippen LogP contribution in [0.4, 0.5) is 5.69 Å². The van der Waals surface area contributed by atoms with Gasteiger partial charge >= 0.3 is 0 Å². The SMILES string of the molecule is CN(CC(=O)N1CCN(c2cccc(Cl)c2)CC1)C(=O)c1c[nH]c2ccccc12. The number of H-pyrrole nitrogens is 1. The highest BCUT2D eigenvalue weighted by Crippen LogP contribution is 2.21. The van der Waals surface area contributed by atoms with Gasteiger partial charge < -0.3 is 19.7 Å². The number of piperazine rings is 1. The fourth-order valence-corrected chi connectivity index (χ4v) is 3.90. The van der Waals surface area contributed by atoms with Crippen molar-refractivity contribution >= 4 is 40.0 Å². The molecule has 0 spiro atoms. The molecule has 1 aromatic heterocycles. The van der Waals surface area contributed by atoms with Crippen molar-refractivity contribution in [3.63, 3.8) is 0 Å². The number of hydrogen-bond acceptors (Lipinski definition) is 3. The van der Waals surface area contributed by atoms with Gasteiger partial charge in [-0.25, -0.2) is 0 Å². The second-order valence-corrected chi connectivity index (χ2v) is 7.69. The summed E-state index contributed by atoms with van der Waals surface area (Å²) in [6, 6.07) is 15.4. The number of hydrogen-bond donors (Lipinski definition) is 1. The number of aromatic amines is 1. The first-order chi connectivity index (χ1) is 14.0.